The average molecular weight is 634 g/mol. The molecule has 2 saturated heterocycles. The fourth-order valence-corrected chi connectivity index (χ4v) is 8.26. The summed E-state index contributed by atoms with van der Waals surface area (Å²) in [7, 11) is 0. The molecule has 2 heterocycles. The molecule has 3 aromatic rings. The third-order valence-corrected chi connectivity index (χ3v) is 10.8. The molecular weight excluding hydrogens is 606 g/mol. The lowest BCUT2D eigenvalue weighted by Crippen LogP contribution is -2.48. The van der Waals surface area contributed by atoms with Crippen molar-refractivity contribution in [3.63, 3.8) is 0 Å². The Hall–Kier alpha value is -4.01. The van der Waals surface area contributed by atoms with Crippen LogP contribution in [0.1, 0.15) is 36.8 Å². The second-order valence-electron chi connectivity index (χ2n) is 12.3. The number of hydrogen-bond acceptors (Lipinski definition) is 5. The molecule has 4 aliphatic rings. The van der Waals surface area contributed by atoms with E-state index in [1.54, 1.807) is 37.3 Å². The minimum absolute atomic E-state index is 0.0425. The Balaban J connectivity index is 1.35. The Labute approximate surface area is 262 Å². The van der Waals surface area contributed by atoms with Gasteiger partial charge < -0.3 is 5.11 Å². The Morgan fingerprint density at radius 2 is 1.50 bits per heavy atom. The molecule has 0 aromatic heterocycles. The molecule has 6 atom stereocenters. The van der Waals surface area contributed by atoms with Gasteiger partial charge in [0.25, 0.3) is 0 Å². The van der Waals surface area contributed by atoms with Crippen molar-refractivity contribution in [2.45, 2.75) is 32.6 Å². The zero-order valence-corrected chi connectivity index (χ0v) is 25.3. The van der Waals surface area contributed by atoms with Gasteiger partial charge >= 0.3 is 0 Å². The number of allylic oxidation sites excluding steroid dienone is 2. The summed E-state index contributed by atoms with van der Waals surface area (Å²) in [6.07, 6.45) is 2.43. The van der Waals surface area contributed by atoms with Crippen LogP contribution in [0.5, 0.6) is 5.75 Å². The van der Waals surface area contributed by atoms with E-state index < -0.39 is 52.6 Å². The minimum atomic E-state index is -1.26. The van der Waals surface area contributed by atoms with Gasteiger partial charge in [0.15, 0.2) is 0 Å². The Morgan fingerprint density at radius 3 is 2.18 bits per heavy atom. The molecule has 3 fully saturated rings. The van der Waals surface area contributed by atoms with E-state index in [4.69, 9.17) is 23.2 Å². The van der Waals surface area contributed by atoms with Crippen LogP contribution in [0.25, 0.3) is 0 Å². The van der Waals surface area contributed by atoms with E-state index in [9.17, 15) is 28.7 Å². The number of carbonyl (C=O) groups excluding carboxylic acids is 4. The third kappa shape index (κ3) is 3.93. The van der Waals surface area contributed by atoms with Crippen LogP contribution < -0.4 is 9.80 Å². The zero-order valence-electron chi connectivity index (χ0n) is 23.8. The first kappa shape index (κ1) is 28.7. The van der Waals surface area contributed by atoms with Gasteiger partial charge in [0.1, 0.15) is 11.6 Å². The third-order valence-electron chi connectivity index (χ3n) is 10.1. The predicted octanol–water partition coefficient (Wildman–Crippen LogP) is 6.58. The summed E-state index contributed by atoms with van der Waals surface area (Å²) in [5.74, 6) is -5.56. The number of phenolic OH excluding ortho intramolecular Hbond substituents is 1. The molecule has 224 valence electrons. The van der Waals surface area contributed by atoms with Gasteiger partial charge in [-0.15, -0.1) is 0 Å². The molecule has 44 heavy (non-hydrogen) atoms. The number of phenols is 1. The van der Waals surface area contributed by atoms with Gasteiger partial charge in [-0.3, -0.25) is 19.2 Å². The summed E-state index contributed by atoms with van der Waals surface area (Å²) < 4.78 is 14.0. The standard InChI is InChI=1S/C34H27Cl2FN2O5/c1-16-3-6-18(13-25(16)35)38-30(41)22-11-10-21-23(28(22)32(38)43)15-24-31(42)39(19-7-12-27(37)26(36)14-19)33(44)34(24,2)29(21)17-4-8-20(40)9-5-17/h3-10,12-14,22-24,28-29,40H,11,15H2,1-2H3. The second-order valence-corrected chi connectivity index (χ2v) is 13.1. The maximum atomic E-state index is 14.4. The quantitative estimate of drug-likeness (QED) is 0.260. The van der Waals surface area contributed by atoms with Gasteiger partial charge in [0.2, 0.25) is 23.6 Å². The average Bonchev–Trinajstić information content (AvgIpc) is 3.36. The highest BCUT2D eigenvalue weighted by Gasteiger charge is 2.67. The number of anilines is 2. The van der Waals surface area contributed by atoms with Gasteiger partial charge in [0, 0.05) is 10.9 Å². The summed E-state index contributed by atoms with van der Waals surface area (Å²) in [6.45, 7) is 3.59. The van der Waals surface area contributed by atoms with E-state index in [1.807, 2.05) is 13.0 Å². The molecule has 7 nitrogen and oxygen atoms in total. The van der Waals surface area contributed by atoms with Crippen LogP contribution in [0, 0.1) is 41.8 Å². The molecule has 0 radical (unpaired) electrons. The number of carbonyl (C=O) groups is 4. The molecule has 10 heteroatoms. The lowest BCUT2D eigenvalue weighted by molar-refractivity contribution is -0.131. The predicted molar refractivity (Wildman–Crippen MR) is 163 cm³/mol. The van der Waals surface area contributed by atoms with Crippen LogP contribution in [-0.4, -0.2) is 28.7 Å². The van der Waals surface area contributed by atoms with Crippen molar-refractivity contribution in [3.8, 4) is 5.75 Å². The van der Waals surface area contributed by atoms with Gasteiger partial charge in [-0.2, -0.15) is 0 Å². The SMILES string of the molecule is Cc1ccc(N2C(=O)C3CC=C4C(CC5C(=O)N(c6ccc(F)c(Cl)c6)C(=O)C5(C)C4c4ccc(O)cc4)C3C2=O)cc1Cl. The number of aromatic hydroxyl groups is 1. The highest BCUT2D eigenvalue weighted by Crippen LogP contribution is 2.63. The maximum absolute atomic E-state index is 14.4. The Bertz CT molecular complexity index is 1820. The van der Waals surface area contributed by atoms with Crippen LogP contribution in [-0.2, 0) is 19.2 Å². The monoisotopic (exact) mass is 632 g/mol. The zero-order chi connectivity index (χ0) is 31.2. The fraction of sp³-hybridized carbons (Fsp3) is 0.294. The maximum Gasteiger partial charge on any atom is 0.241 e. The van der Waals surface area contributed by atoms with Crippen LogP contribution >= 0.6 is 23.2 Å². The molecule has 0 bridgehead atoms. The number of aryl methyl sites for hydroxylation is 1. The van der Waals surface area contributed by atoms with Gasteiger partial charge in [0.05, 0.1) is 39.6 Å². The van der Waals surface area contributed by atoms with Gasteiger partial charge in [-0.1, -0.05) is 53.1 Å². The largest absolute Gasteiger partial charge is 0.508 e. The van der Waals surface area contributed by atoms with Gasteiger partial charge in [-0.05, 0) is 86.2 Å². The second kappa shape index (κ2) is 10.0. The van der Waals surface area contributed by atoms with Gasteiger partial charge in [-0.25, -0.2) is 14.2 Å². The first-order chi connectivity index (χ1) is 20.9. The number of halogens is 3. The summed E-state index contributed by atoms with van der Waals surface area (Å²) in [6, 6.07) is 15.3. The van der Waals surface area contributed by atoms with E-state index in [2.05, 4.69) is 0 Å². The Kier molecular flexibility index (Phi) is 6.54. The van der Waals surface area contributed by atoms with Crippen molar-refractivity contribution in [2.24, 2.45) is 29.1 Å². The van der Waals surface area contributed by atoms with Crippen molar-refractivity contribution >= 4 is 58.2 Å². The Morgan fingerprint density at radius 1 is 0.841 bits per heavy atom. The summed E-state index contributed by atoms with van der Waals surface area (Å²) in [5, 5.41) is 10.3. The molecule has 4 amide bonds. The van der Waals surface area contributed by atoms with Crippen molar-refractivity contribution in [3.05, 3.63) is 99.3 Å². The molecule has 3 aromatic carbocycles. The number of hydrogen-bond donors (Lipinski definition) is 1. The van der Waals surface area contributed by atoms with Crippen LogP contribution in [0.2, 0.25) is 10.0 Å². The van der Waals surface area contributed by atoms with E-state index in [1.165, 1.54) is 29.2 Å². The van der Waals surface area contributed by atoms with E-state index in [-0.39, 0.29) is 34.7 Å². The molecule has 7 rings (SSSR count). The van der Waals surface area contributed by atoms with Crippen molar-refractivity contribution in [1.82, 2.24) is 0 Å². The summed E-state index contributed by atoms with van der Waals surface area (Å²) >= 11 is 12.4. The lowest BCUT2D eigenvalue weighted by atomic mass is 9.51. The fourth-order valence-electron chi connectivity index (χ4n) is 7.91. The number of rotatable bonds is 3. The molecule has 6 unspecified atom stereocenters. The van der Waals surface area contributed by atoms with Crippen molar-refractivity contribution < 1.29 is 28.7 Å². The van der Waals surface area contributed by atoms with Crippen LogP contribution in [0.15, 0.2) is 72.3 Å². The smallest absolute Gasteiger partial charge is 0.241 e. The first-order valence-electron chi connectivity index (χ1n) is 14.4. The molecule has 0 spiro atoms. The highest BCUT2D eigenvalue weighted by atomic mass is 35.5. The number of fused-ring (bicyclic) bond motifs is 4. The van der Waals surface area contributed by atoms with Crippen molar-refractivity contribution in [2.75, 3.05) is 9.80 Å². The van der Waals surface area contributed by atoms with Crippen molar-refractivity contribution in [1.29, 1.82) is 0 Å². The topological polar surface area (TPSA) is 95.0 Å². The lowest BCUT2D eigenvalue weighted by Gasteiger charge is -2.49. The number of amides is 4. The summed E-state index contributed by atoms with van der Waals surface area (Å²) in [5.41, 5.74) is 1.63. The van der Waals surface area contributed by atoms with E-state index in [0.717, 1.165) is 22.1 Å². The van der Waals surface area contributed by atoms with E-state index in [0.29, 0.717) is 22.7 Å². The molecule has 1 saturated carbocycles. The van der Waals surface area contributed by atoms with Crippen LogP contribution in [0.4, 0.5) is 15.8 Å². The molecule has 1 N–H and O–H groups in total. The van der Waals surface area contributed by atoms with Crippen LogP contribution in [0.3, 0.4) is 0 Å². The highest BCUT2D eigenvalue weighted by molar-refractivity contribution is 6.32. The normalized spacial score (nSPS) is 29.5. The number of nitrogens with zero attached hydrogens (tertiary/aromatic N) is 2. The van der Waals surface area contributed by atoms with E-state index >= 15 is 0 Å². The first-order valence-corrected chi connectivity index (χ1v) is 15.1. The molecule has 2 aliphatic carbocycles. The molecular formula is C34H27Cl2FN2O5. The number of imide groups is 2. The summed E-state index contributed by atoms with van der Waals surface area (Å²) in [4.78, 5) is 58.7. The minimum Gasteiger partial charge on any atom is -0.508 e. The molecule has 2 aliphatic heterocycles. The number of benzene rings is 3.